The molecule has 1 aliphatic rings. The van der Waals surface area contributed by atoms with Crippen molar-refractivity contribution in [2.45, 2.75) is 32.6 Å². The van der Waals surface area contributed by atoms with Crippen LogP contribution in [0.1, 0.15) is 41.4 Å². The number of hydrogen-bond acceptors (Lipinski definition) is 8. The summed E-state index contributed by atoms with van der Waals surface area (Å²) in [6, 6.07) is 11.9. The van der Waals surface area contributed by atoms with Crippen molar-refractivity contribution in [1.82, 2.24) is 34.3 Å². The van der Waals surface area contributed by atoms with E-state index in [0.717, 1.165) is 19.2 Å². The second kappa shape index (κ2) is 13.3. The van der Waals surface area contributed by atoms with E-state index in [-0.39, 0.29) is 46.1 Å². The lowest BCUT2D eigenvalue weighted by Crippen LogP contribution is -2.44. The summed E-state index contributed by atoms with van der Waals surface area (Å²) >= 11 is 6.39. The van der Waals surface area contributed by atoms with E-state index in [1.54, 1.807) is 36.9 Å². The molecular formula is C33H32ClF3N8O2. The Morgan fingerprint density at radius 1 is 1.02 bits per heavy atom. The molecular weight excluding hydrogens is 633 g/mol. The lowest BCUT2D eigenvalue weighted by atomic mass is 10.0. The summed E-state index contributed by atoms with van der Waals surface area (Å²) in [4.78, 5) is 35.4. The Hall–Kier alpha value is -4.59. The molecule has 0 radical (unpaired) electrons. The Bertz CT molecular complexity index is 1910. The number of ether oxygens (including phenoxy) is 1. The molecule has 14 heteroatoms. The fourth-order valence-corrected chi connectivity index (χ4v) is 5.53. The molecule has 1 amide bonds. The summed E-state index contributed by atoms with van der Waals surface area (Å²) in [5.41, 5.74) is 1.03. The molecule has 47 heavy (non-hydrogen) atoms. The van der Waals surface area contributed by atoms with Crippen LogP contribution in [-0.4, -0.2) is 73.4 Å². The minimum Gasteiger partial charge on any atom is -0.437 e. The van der Waals surface area contributed by atoms with Crippen LogP contribution in [0.4, 0.5) is 18.9 Å². The lowest BCUT2D eigenvalue weighted by molar-refractivity contribution is -0.138. The van der Waals surface area contributed by atoms with Crippen LogP contribution in [0.25, 0.3) is 22.6 Å². The Labute approximate surface area is 274 Å². The van der Waals surface area contributed by atoms with Gasteiger partial charge in [0.05, 0.1) is 22.5 Å². The standard InChI is InChI=1S/C33H32ClF3N8O2/c1-20(2)45-19-39-28-30(45)41-29(21-8-10-38-11-9-21)42-32(28)47-24-6-7-27(34)25(17-24)31(46)40-23-5-4-22(26(16-23)33(35,36)37)18-44-14-12-43(3)13-15-44/h4-11,16-17,19-20H,12-15,18H2,1-3H3,(H,40,46). The molecule has 0 saturated carbocycles. The van der Waals surface area contributed by atoms with Crippen LogP contribution >= 0.6 is 11.6 Å². The number of rotatable bonds is 8. The van der Waals surface area contributed by atoms with Crippen molar-refractivity contribution in [2.75, 3.05) is 38.5 Å². The van der Waals surface area contributed by atoms with Crippen molar-refractivity contribution >= 4 is 34.4 Å². The van der Waals surface area contributed by atoms with E-state index in [1.807, 2.05) is 30.4 Å². The quantitative estimate of drug-likeness (QED) is 0.191. The summed E-state index contributed by atoms with van der Waals surface area (Å²) in [5.74, 6) is 0.0639. The fraction of sp³-hybridized carbons (Fsp3) is 0.303. The van der Waals surface area contributed by atoms with E-state index in [0.29, 0.717) is 35.6 Å². The molecule has 244 valence electrons. The molecule has 0 aliphatic carbocycles. The largest absolute Gasteiger partial charge is 0.437 e. The van der Waals surface area contributed by atoms with Gasteiger partial charge < -0.3 is 19.5 Å². The average molecular weight is 665 g/mol. The topological polar surface area (TPSA) is 101 Å². The van der Waals surface area contributed by atoms with Crippen LogP contribution in [0.15, 0.2) is 67.3 Å². The number of anilines is 1. The molecule has 1 saturated heterocycles. The number of imidazole rings is 1. The Morgan fingerprint density at radius 3 is 2.47 bits per heavy atom. The molecule has 0 spiro atoms. The summed E-state index contributed by atoms with van der Waals surface area (Å²) < 4.78 is 50.4. The Balaban J connectivity index is 1.27. The van der Waals surface area contributed by atoms with Crippen molar-refractivity contribution in [3.8, 4) is 23.0 Å². The molecule has 3 aromatic heterocycles. The number of carbonyl (C=O) groups is 1. The highest BCUT2D eigenvalue weighted by Crippen LogP contribution is 2.36. The zero-order valence-electron chi connectivity index (χ0n) is 25.9. The number of amides is 1. The Kier molecular flexibility index (Phi) is 9.13. The van der Waals surface area contributed by atoms with Crippen LogP contribution in [0, 0.1) is 0 Å². The maximum Gasteiger partial charge on any atom is 0.416 e. The molecule has 1 N–H and O–H groups in total. The fourth-order valence-electron chi connectivity index (χ4n) is 5.32. The normalized spacial score (nSPS) is 14.6. The van der Waals surface area contributed by atoms with Gasteiger partial charge in [0.2, 0.25) is 0 Å². The summed E-state index contributed by atoms with van der Waals surface area (Å²) in [7, 11) is 1.99. The number of piperazine rings is 1. The molecule has 1 aliphatic heterocycles. The van der Waals surface area contributed by atoms with Gasteiger partial charge in [0.15, 0.2) is 17.0 Å². The van der Waals surface area contributed by atoms with Gasteiger partial charge in [-0.1, -0.05) is 17.7 Å². The van der Waals surface area contributed by atoms with Gasteiger partial charge in [0.1, 0.15) is 5.75 Å². The van der Waals surface area contributed by atoms with Crippen molar-refractivity contribution in [1.29, 1.82) is 0 Å². The van der Waals surface area contributed by atoms with Crippen LogP contribution in [0.5, 0.6) is 11.6 Å². The first-order valence-electron chi connectivity index (χ1n) is 15.0. The van der Waals surface area contributed by atoms with Crippen LogP contribution in [-0.2, 0) is 12.7 Å². The smallest absolute Gasteiger partial charge is 0.416 e. The molecule has 0 atom stereocenters. The first kappa shape index (κ1) is 32.4. The third-order valence-electron chi connectivity index (χ3n) is 7.94. The number of nitrogens with one attached hydrogen (secondary N) is 1. The number of pyridine rings is 1. The number of nitrogens with zero attached hydrogens (tertiary/aromatic N) is 7. The highest BCUT2D eigenvalue weighted by molar-refractivity contribution is 6.34. The summed E-state index contributed by atoms with van der Waals surface area (Å²) in [6.07, 6.45) is 0.312. The van der Waals surface area contributed by atoms with E-state index in [9.17, 15) is 18.0 Å². The van der Waals surface area contributed by atoms with E-state index < -0.39 is 17.6 Å². The van der Waals surface area contributed by atoms with E-state index in [1.165, 1.54) is 24.3 Å². The number of alkyl halides is 3. The first-order valence-corrected chi connectivity index (χ1v) is 15.4. The second-order valence-corrected chi connectivity index (χ2v) is 12.1. The molecule has 1 fully saturated rings. The molecule has 6 rings (SSSR count). The van der Waals surface area contributed by atoms with Gasteiger partial charge in [-0.05, 0) is 68.9 Å². The molecule has 0 unspecified atom stereocenters. The minimum absolute atomic E-state index is 0.00612. The van der Waals surface area contributed by atoms with Crippen molar-refractivity contribution in [3.63, 3.8) is 0 Å². The molecule has 4 heterocycles. The number of halogens is 4. The zero-order chi connectivity index (χ0) is 33.3. The van der Waals surface area contributed by atoms with Gasteiger partial charge in [-0.3, -0.25) is 14.7 Å². The third-order valence-corrected chi connectivity index (χ3v) is 8.27. The number of likely N-dealkylation sites (N-methyl/N-ethyl adjacent to an activating group) is 1. The van der Waals surface area contributed by atoms with Crippen LogP contribution in [0.3, 0.4) is 0 Å². The lowest BCUT2D eigenvalue weighted by Gasteiger charge is -2.33. The van der Waals surface area contributed by atoms with Crippen molar-refractivity contribution in [2.24, 2.45) is 0 Å². The van der Waals surface area contributed by atoms with Crippen molar-refractivity contribution < 1.29 is 22.7 Å². The van der Waals surface area contributed by atoms with Gasteiger partial charge >= 0.3 is 6.18 Å². The average Bonchev–Trinajstić information content (AvgIpc) is 3.48. The van der Waals surface area contributed by atoms with E-state index >= 15 is 0 Å². The highest BCUT2D eigenvalue weighted by Gasteiger charge is 2.34. The van der Waals surface area contributed by atoms with Crippen LogP contribution in [0.2, 0.25) is 5.02 Å². The number of hydrogen-bond donors (Lipinski definition) is 1. The summed E-state index contributed by atoms with van der Waals surface area (Å²) in [6.45, 7) is 7.08. The molecule has 10 nitrogen and oxygen atoms in total. The monoisotopic (exact) mass is 664 g/mol. The first-order chi connectivity index (χ1) is 22.5. The number of benzene rings is 2. The predicted molar refractivity (Wildman–Crippen MR) is 173 cm³/mol. The van der Waals surface area contributed by atoms with Gasteiger partial charge in [0, 0.05) is 62.4 Å². The molecule has 2 aromatic carbocycles. The van der Waals surface area contributed by atoms with E-state index in [4.69, 9.17) is 21.3 Å². The SMILES string of the molecule is CC(C)n1cnc2c(Oc3ccc(Cl)c(C(=O)Nc4ccc(CN5CCN(C)CC5)c(C(F)(F)F)c4)c3)nc(-c3ccncc3)nc21. The van der Waals surface area contributed by atoms with Gasteiger partial charge in [-0.2, -0.15) is 18.2 Å². The molecule has 5 aromatic rings. The van der Waals surface area contributed by atoms with E-state index in [2.05, 4.69) is 25.2 Å². The number of fused-ring (bicyclic) bond motifs is 1. The highest BCUT2D eigenvalue weighted by atomic mass is 35.5. The van der Waals surface area contributed by atoms with Gasteiger partial charge in [-0.15, -0.1) is 0 Å². The number of carbonyl (C=O) groups excluding carboxylic acids is 1. The van der Waals surface area contributed by atoms with Gasteiger partial charge in [0.25, 0.3) is 11.8 Å². The van der Waals surface area contributed by atoms with Crippen LogP contribution < -0.4 is 10.1 Å². The van der Waals surface area contributed by atoms with Crippen molar-refractivity contribution in [3.05, 3.63) is 89.0 Å². The maximum atomic E-state index is 14.1. The predicted octanol–water partition coefficient (Wildman–Crippen LogP) is 6.93. The number of aromatic nitrogens is 5. The van der Waals surface area contributed by atoms with Gasteiger partial charge in [-0.25, -0.2) is 9.97 Å². The second-order valence-electron chi connectivity index (χ2n) is 11.7. The zero-order valence-corrected chi connectivity index (χ0v) is 26.7. The summed E-state index contributed by atoms with van der Waals surface area (Å²) in [5, 5.41) is 2.66. The maximum absolute atomic E-state index is 14.1. The minimum atomic E-state index is -4.60. The molecule has 0 bridgehead atoms. The Morgan fingerprint density at radius 2 is 1.77 bits per heavy atom. The third kappa shape index (κ3) is 7.22.